The molecule has 0 radical (unpaired) electrons. The summed E-state index contributed by atoms with van der Waals surface area (Å²) in [4.78, 5) is 16.2. The normalized spacial score (nSPS) is 18.8. The summed E-state index contributed by atoms with van der Waals surface area (Å²) in [5.41, 5.74) is 0.701. The van der Waals surface area contributed by atoms with Crippen molar-refractivity contribution in [2.24, 2.45) is 5.92 Å². The zero-order chi connectivity index (χ0) is 12.5. The van der Waals surface area contributed by atoms with Crippen LogP contribution in [0.25, 0.3) is 0 Å². The molecule has 4 nitrogen and oxygen atoms in total. The molecule has 0 amide bonds. The Hall–Kier alpha value is -0.780. The lowest BCUT2D eigenvalue weighted by atomic mass is 10.1. The van der Waals surface area contributed by atoms with Crippen molar-refractivity contribution in [3.63, 3.8) is 0 Å². The van der Waals surface area contributed by atoms with Crippen LogP contribution in [0.3, 0.4) is 0 Å². The van der Waals surface area contributed by atoms with Crippen molar-refractivity contribution in [3.8, 4) is 0 Å². The number of Topliss-reactive ketones (excluding diaryl/α,β-unsaturated/α-hetero) is 1. The van der Waals surface area contributed by atoms with Crippen molar-refractivity contribution in [1.82, 2.24) is 4.98 Å². The lowest BCUT2D eigenvalue weighted by Crippen LogP contribution is -2.23. The minimum absolute atomic E-state index is 0.0952. The molecule has 0 unspecified atom stereocenters. The van der Waals surface area contributed by atoms with E-state index in [2.05, 4.69) is 4.98 Å². The summed E-state index contributed by atoms with van der Waals surface area (Å²) in [7, 11) is 0. The Morgan fingerprint density at radius 2 is 2.18 bits per heavy atom. The molecular formula is C12H17NO3S. The van der Waals surface area contributed by atoms with Gasteiger partial charge in [-0.05, 0) is 12.8 Å². The molecule has 0 atom stereocenters. The lowest BCUT2D eigenvalue weighted by molar-refractivity contribution is -0.152. The van der Waals surface area contributed by atoms with Gasteiger partial charge in [-0.25, -0.2) is 4.98 Å². The SMILES string of the molecule is CC(C)CC(=O)c1nc(C2(C)OCCO2)cs1. The number of carbonyl (C=O) groups excluding carboxylic acids is 1. The number of carbonyl (C=O) groups is 1. The van der Waals surface area contributed by atoms with Crippen LogP contribution < -0.4 is 0 Å². The van der Waals surface area contributed by atoms with Gasteiger partial charge in [-0.15, -0.1) is 11.3 Å². The fraction of sp³-hybridized carbons (Fsp3) is 0.667. The summed E-state index contributed by atoms with van der Waals surface area (Å²) in [6.45, 7) is 7.03. The Balaban J connectivity index is 2.13. The van der Waals surface area contributed by atoms with Crippen molar-refractivity contribution in [2.45, 2.75) is 33.0 Å². The Morgan fingerprint density at radius 1 is 1.53 bits per heavy atom. The number of aromatic nitrogens is 1. The zero-order valence-electron chi connectivity index (χ0n) is 10.4. The first-order valence-electron chi connectivity index (χ1n) is 5.78. The maximum atomic E-state index is 11.9. The molecular weight excluding hydrogens is 238 g/mol. The van der Waals surface area contributed by atoms with Gasteiger partial charge in [0.1, 0.15) is 5.69 Å². The van der Waals surface area contributed by atoms with Crippen LogP contribution in [0.1, 0.15) is 42.7 Å². The predicted molar refractivity (Wildman–Crippen MR) is 65.2 cm³/mol. The molecule has 0 saturated carbocycles. The van der Waals surface area contributed by atoms with Gasteiger partial charge in [0.2, 0.25) is 5.79 Å². The van der Waals surface area contributed by atoms with E-state index in [1.165, 1.54) is 11.3 Å². The molecule has 0 aliphatic carbocycles. The number of ketones is 1. The van der Waals surface area contributed by atoms with Crippen LogP contribution in [0.4, 0.5) is 0 Å². The Kier molecular flexibility index (Phi) is 3.61. The number of rotatable bonds is 4. The fourth-order valence-electron chi connectivity index (χ4n) is 1.73. The van der Waals surface area contributed by atoms with Gasteiger partial charge in [-0.1, -0.05) is 13.8 Å². The van der Waals surface area contributed by atoms with Crippen molar-refractivity contribution >= 4 is 17.1 Å². The number of nitrogens with zero attached hydrogens (tertiary/aromatic N) is 1. The number of thiazole rings is 1. The second kappa shape index (κ2) is 4.84. The fourth-order valence-corrected chi connectivity index (χ4v) is 2.59. The maximum Gasteiger partial charge on any atom is 0.210 e. The highest BCUT2D eigenvalue weighted by atomic mass is 32.1. The third-order valence-electron chi connectivity index (χ3n) is 2.64. The molecule has 94 valence electrons. The largest absolute Gasteiger partial charge is 0.342 e. The average molecular weight is 255 g/mol. The van der Waals surface area contributed by atoms with Crippen LogP contribution in [0.15, 0.2) is 5.38 Å². The van der Waals surface area contributed by atoms with E-state index < -0.39 is 5.79 Å². The predicted octanol–water partition coefficient (Wildman–Crippen LogP) is 2.59. The van der Waals surface area contributed by atoms with Gasteiger partial charge in [-0.3, -0.25) is 4.79 Å². The quantitative estimate of drug-likeness (QED) is 0.776. The van der Waals surface area contributed by atoms with Gasteiger partial charge in [0, 0.05) is 11.8 Å². The Bertz CT molecular complexity index is 408. The molecule has 5 heteroatoms. The molecule has 1 fully saturated rings. The third-order valence-corrected chi connectivity index (χ3v) is 3.52. The number of hydrogen-bond acceptors (Lipinski definition) is 5. The van der Waals surface area contributed by atoms with E-state index in [0.29, 0.717) is 36.3 Å². The number of hydrogen-bond donors (Lipinski definition) is 0. The maximum absolute atomic E-state index is 11.9. The van der Waals surface area contributed by atoms with E-state index in [0.717, 1.165) is 0 Å². The van der Waals surface area contributed by atoms with Gasteiger partial charge < -0.3 is 9.47 Å². The first kappa shape index (κ1) is 12.7. The van der Waals surface area contributed by atoms with Crippen LogP contribution in [0.2, 0.25) is 0 Å². The molecule has 0 aromatic carbocycles. The zero-order valence-corrected chi connectivity index (χ0v) is 11.2. The summed E-state index contributed by atoms with van der Waals surface area (Å²) in [6, 6.07) is 0. The first-order chi connectivity index (χ1) is 8.01. The van der Waals surface area contributed by atoms with E-state index in [1.807, 2.05) is 26.2 Å². The Labute approximate surface area is 105 Å². The van der Waals surface area contributed by atoms with Crippen molar-refractivity contribution in [3.05, 3.63) is 16.1 Å². The van der Waals surface area contributed by atoms with Crippen LogP contribution >= 0.6 is 11.3 Å². The Morgan fingerprint density at radius 3 is 2.76 bits per heavy atom. The van der Waals surface area contributed by atoms with E-state index in [1.54, 1.807) is 0 Å². The standard InChI is InChI=1S/C12H17NO3S/c1-8(2)6-9(14)11-13-10(7-17-11)12(3)15-4-5-16-12/h7-8H,4-6H2,1-3H3. The highest BCUT2D eigenvalue weighted by molar-refractivity contribution is 7.11. The summed E-state index contributed by atoms with van der Waals surface area (Å²) in [5.74, 6) is -0.324. The van der Waals surface area contributed by atoms with E-state index >= 15 is 0 Å². The molecule has 0 N–H and O–H groups in total. The highest BCUT2D eigenvalue weighted by Crippen LogP contribution is 2.31. The van der Waals surface area contributed by atoms with Gasteiger partial charge in [0.15, 0.2) is 10.8 Å². The minimum Gasteiger partial charge on any atom is -0.342 e. The van der Waals surface area contributed by atoms with Crippen molar-refractivity contribution in [1.29, 1.82) is 0 Å². The van der Waals surface area contributed by atoms with Crippen LogP contribution in [0, 0.1) is 5.92 Å². The summed E-state index contributed by atoms with van der Waals surface area (Å²) in [6.07, 6.45) is 0.533. The van der Waals surface area contributed by atoms with Crippen LogP contribution in [-0.4, -0.2) is 24.0 Å². The average Bonchev–Trinajstić information content (AvgIpc) is 2.85. The lowest BCUT2D eigenvalue weighted by Gasteiger charge is -2.19. The smallest absolute Gasteiger partial charge is 0.210 e. The molecule has 0 spiro atoms. The molecule has 2 rings (SSSR count). The minimum atomic E-state index is -0.771. The summed E-state index contributed by atoms with van der Waals surface area (Å²) < 4.78 is 11.0. The van der Waals surface area contributed by atoms with Crippen molar-refractivity contribution in [2.75, 3.05) is 13.2 Å². The van der Waals surface area contributed by atoms with Gasteiger partial charge in [0.05, 0.1) is 13.2 Å². The van der Waals surface area contributed by atoms with Gasteiger partial charge in [0.25, 0.3) is 0 Å². The van der Waals surface area contributed by atoms with Gasteiger partial charge >= 0.3 is 0 Å². The molecule has 1 aromatic heterocycles. The third kappa shape index (κ3) is 2.73. The van der Waals surface area contributed by atoms with Gasteiger partial charge in [-0.2, -0.15) is 0 Å². The topological polar surface area (TPSA) is 48.4 Å². The van der Waals surface area contributed by atoms with E-state index in [-0.39, 0.29) is 5.78 Å². The first-order valence-corrected chi connectivity index (χ1v) is 6.66. The molecule has 2 heterocycles. The van der Waals surface area contributed by atoms with Crippen LogP contribution in [0.5, 0.6) is 0 Å². The highest BCUT2D eigenvalue weighted by Gasteiger charge is 2.36. The monoisotopic (exact) mass is 255 g/mol. The molecule has 1 aliphatic rings. The second-order valence-corrected chi connectivity index (χ2v) is 5.56. The van der Waals surface area contributed by atoms with E-state index in [9.17, 15) is 4.79 Å². The second-order valence-electron chi connectivity index (χ2n) is 4.70. The van der Waals surface area contributed by atoms with Crippen LogP contribution in [-0.2, 0) is 15.3 Å². The molecule has 1 saturated heterocycles. The number of ether oxygens (including phenoxy) is 2. The molecule has 0 bridgehead atoms. The summed E-state index contributed by atoms with van der Waals surface area (Å²) >= 11 is 1.36. The summed E-state index contributed by atoms with van der Waals surface area (Å²) in [5, 5.41) is 2.40. The van der Waals surface area contributed by atoms with E-state index in [4.69, 9.17) is 9.47 Å². The molecule has 17 heavy (non-hydrogen) atoms. The van der Waals surface area contributed by atoms with Crippen molar-refractivity contribution < 1.29 is 14.3 Å². The molecule has 1 aliphatic heterocycles. The molecule has 1 aromatic rings.